The van der Waals surface area contributed by atoms with Crippen LogP contribution >= 0.6 is 0 Å². The molecule has 213 valence electrons. The number of unbranched alkanes of at least 4 members (excludes halogenated alkanes) is 3. The Morgan fingerprint density at radius 3 is 1.85 bits per heavy atom. The van der Waals surface area contributed by atoms with E-state index in [2.05, 4.69) is 131 Å². The van der Waals surface area contributed by atoms with Crippen molar-refractivity contribution in [3.63, 3.8) is 0 Å². The molecule has 0 amide bonds. The van der Waals surface area contributed by atoms with Gasteiger partial charge in [0.15, 0.2) is 0 Å². The Kier molecular flexibility index (Phi) is 12.9. The summed E-state index contributed by atoms with van der Waals surface area (Å²) < 4.78 is 1.44. The van der Waals surface area contributed by atoms with Gasteiger partial charge in [0.05, 0.1) is 0 Å². The summed E-state index contributed by atoms with van der Waals surface area (Å²) in [5.74, 6) is 0. The summed E-state index contributed by atoms with van der Waals surface area (Å²) in [4.78, 5) is 0. The minimum absolute atomic E-state index is 0. The van der Waals surface area contributed by atoms with Gasteiger partial charge in [0, 0.05) is 0 Å². The van der Waals surface area contributed by atoms with Crippen LogP contribution in [0.3, 0.4) is 0 Å². The fourth-order valence-electron chi connectivity index (χ4n) is 6.76. The van der Waals surface area contributed by atoms with Crippen molar-refractivity contribution in [1.29, 1.82) is 0 Å². The van der Waals surface area contributed by atoms with E-state index in [4.69, 9.17) is 0 Å². The van der Waals surface area contributed by atoms with Crippen LogP contribution in [0.15, 0.2) is 96.1 Å². The van der Waals surface area contributed by atoms with Gasteiger partial charge in [-0.05, 0) is 0 Å². The van der Waals surface area contributed by atoms with Gasteiger partial charge in [-0.2, -0.15) is 0 Å². The van der Waals surface area contributed by atoms with Crippen LogP contribution < -0.4 is 24.8 Å². The average molecular weight is 678 g/mol. The van der Waals surface area contributed by atoms with Crippen molar-refractivity contribution in [1.82, 2.24) is 0 Å². The Hall–Kier alpha value is -1.70. The molecule has 0 radical (unpaired) electrons. The third-order valence-corrected chi connectivity index (χ3v) is 27.7. The van der Waals surface area contributed by atoms with Crippen LogP contribution in [0.4, 0.5) is 0 Å². The monoisotopic (exact) mass is 675 g/mol. The van der Waals surface area contributed by atoms with Gasteiger partial charge in [-0.15, -0.1) is 0 Å². The largest absolute Gasteiger partial charge is 1.00 e. The predicted octanol–water partition coefficient (Wildman–Crippen LogP) is 4.47. The molecule has 2 atom stereocenters. The first-order valence-corrected chi connectivity index (χ1v) is 25.2. The average Bonchev–Trinajstić information content (AvgIpc) is 3.49. The molecule has 2 aliphatic rings. The number of rotatable bonds is 7. The van der Waals surface area contributed by atoms with Gasteiger partial charge in [-0.3, -0.25) is 0 Å². The van der Waals surface area contributed by atoms with Crippen molar-refractivity contribution >= 4 is 29.6 Å². The maximum absolute atomic E-state index is 2.60. The third kappa shape index (κ3) is 6.94. The molecule has 0 saturated heterocycles. The number of hydrogen-bond acceptors (Lipinski definition) is 0. The molecular weight excluding hydrogens is 635 g/mol. The van der Waals surface area contributed by atoms with Crippen LogP contribution in [-0.4, -0.2) is 6.65 Å². The summed E-state index contributed by atoms with van der Waals surface area (Å²) >= 11 is -1.84. The van der Waals surface area contributed by atoms with E-state index < -0.39 is 20.9 Å². The molecule has 2 aliphatic carbocycles. The summed E-state index contributed by atoms with van der Waals surface area (Å²) in [6, 6.07) is 31.8. The van der Waals surface area contributed by atoms with E-state index in [0.29, 0.717) is 3.63 Å². The van der Waals surface area contributed by atoms with Gasteiger partial charge in [-0.1, -0.05) is 39.5 Å². The number of halogens is 2. The standard InChI is InChI=1S/C16H13.C14H11.C6H14.CH5Si.2ClH.Zr/c1-12-10-14-8-5-9-15(16(14)11-12)13-6-3-2-4-7-13;1-10-8-12-7-6-11-4-2-3-5-13(11)14(12)9-10;1-3-5-6-4-2;1-2;;;/h2-11H,1H3;2-9H,1H3;3-6H2,1-2H3;2H2,1H3;2*1H;/q;;;;;;+2/p-2. The smallest absolute Gasteiger partial charge is 1.00 e. The summed E-state index contributed by atoms with van der Waals surface area (Å²) in [7, 11) is 0. The summed E-state index contributed by atoms with van der Waals surface area (Å²) in [6.45, 7) is 11.8. The molecule has 4 heteroatoms. The van der Waals surface area contributed by atoms with Gasteiger partial charge in [0.25, 0.3) is 0 Å². The first-order chi connectivity index (χ1) is 19.1. The zero-order chi connectivity index (χ0) is 27.4. The molecule has 0 aliphatic heterocycles. The normalized spacial score (nSPS) is 16.6. The molecule has 6 rings (SSSR count). The molecule has 0 heterocycles. The molecule has 4 aromatic carbocycles. The molecule has 0 nitrogen and oxygen atoms in total. The van der Waals surface area contributed by atoms with Crippen molar-refractivity contribution in [3.8, 4) is 11.1 Å². The Bertz CT molecular complexity index is 1500. The molecule has 0 spiro atoms. The Morgan fingerprint density at radius 2 is 1.22 bits per heavy atom. The van der Waals surface area contributed by atoms with Crippen molar-refractivity contribution < 1.29 is 45.7 Å². The van der Waals surface area contributed by atoms with Crippen LogP contribution in [0.1, 0.15) is 82.9 Å². The minimum atomic E-state index is -1.84. The van der Waals surface area contributed by atoms with E-state index in [9.17, 15) is 0 Å². The van der Waals surface area contributed by atoms with Gasteiger partial charge < -0.3 is 24.8 Å². The van der Waals surface area contributed by atoms with Crippen molar-refractivity contribution in [2.24, 2.45) is 0 Å². The number of allylic oxidation sites excluding steroid dienone is 2. The van der Waals surface area contributed by atoms with Crippen LogP contribution in [0.25, 0.3) is 34.1 Å². The molecule has 4 aromatic rings. The summed E-state index contributed by atoms with van der Waals surface area (Å²) in [5.41, 5.74) is 12.3. The zero-order valence-corrected chi connectivity index (χ0v) is 30.6. The minimum Gasteiger partial charge on any atom is -1.00 e. The van der Waals surface area contributed by atoms with Crippen molar-refractivity contribution in [2.75, 3.05) is 0 Å². The molecule has 0 N–H and O–H groups in total. The Morgan fingerprint density at radius 1 is 0.634 bits per heavy atom. The first kappa shape index (κ1) is 33.8. The van der Waals surface area contributed by atoms with Gasteiger partial charge in [0.2, 0.25) is 0 Å². The van der Waals surface area contributed by atoms with E-state index in [-0.39, 0.29) is 31.5 Å². The Labute approximate surface area is 270 Å². The molecule has 0 saturated carbocycles. The van der Waals surface area contributed by atoms with Gasteiger partial charge in [-0.25, -0.2) is 0 Å². The topological polar surface area (TPSA) is 0 Å². The van der Waals surface area contributed by atoms with Crippen LogP contribution in [0.5, 0.6) is 0 Å². The second-order valence-electron chi connectivity index (χ2n) is 11.2. The van der Waals surface area contributed by atoms with Crippen molar-refractivity contribution in [3.05, 3.63) is 118 Å². The van der Waals surface area contributed by atoms with Crippen LogP contribution in [0.2, 0.25) is 6.55 Å². The van der Waals surface area contributed by atoms with Crippen molar-refractivity contribution in [2.45, 2.75) is 67.2 Å². The zero-order valence-electron chi connectivity index (χ0n) is 25.2. The van der Waals surface area contributed by atoms with Gasteiger partial charge >= 0.3 is 208 Å². The molecule has 0 fully saturated rings. The van der Waals surface area contributed by atoms with E-state index in [1.165, 1.54) is 58.7 Å². The SMILES string of the molecule is CCCCCC.C[SiH2][Zr+2]([CH]1C(C)=Cc2c(-c3ccccc3)cccc21)[CH]1C(C)=Cc2c1ccc1ccccc21.[Cl-].[Cl-]. The number of hydrogen-bond donors (Lipinski definition) is 0. The maximum atomic E-state index is 2.60. The fraction of sp³-hybridized carbons (Fsp3) is 0.297. The number of fused-ring (bicyclic) bond motifs is 4. The molecule has 2 unspecified atom stereocenters. The predicted molar refractivity (Wildman–Crippen MR) is 173 cm³/mol. The van der Waals surface area contributed by atoms with Crippen LogP contribution in [-0.2, 0) is 20.9 Å². The third-order valence-electron chi connectivity index (χ3n) is 8.61. The maximum Gasteiger partial charge on any atom is -1.00 e. The van der Waals surface area contributed by atoms with Crippen LogP contribution in [0, 0.1) is 0 Å². The molecule has 0 aromatic heterocycles. The molecular formula is C37H43Cl2SiZr. The van der Waals surface area contributed by atoms with E-state index in [1.807, 2.05) is 0 Å². The molecule has 0 bridgehead atoms. The van der Waals surface area contributed by atoms with Gasteiger partial charge in [0.1, 0.15) is 0 Å². The quantitative estimate of drug-likeness (QED) is 0.200. The fourth-order valence-corrected chi connectivity index (χ4v) is 27.3. The van der Waals surface area contributed by atoms with E-state index in [1.54, 1.807) is 22.3 Å². The second kappa shape index (κ2) is 15.7. The summed E-state index contributed by atoms with van der Waals surface area (Å²) in [5, 5.41) is 2.80. The summed E-state index contributed by atoms with van der Waals surface area (Å²) in [6.07, 6.45) is 10.6. The first-order valence-electron chi connectivity index (χ1n) is 15.0. The molecule has 41 heavy (non-hydrogen) atoms. The van der Waals surface area contributed by atoms with E-state index >= 15 is 0 Å². The van der Waals surface area contributed by atoms with E-state index in [0.717, 1.165) is 3.63 Å². The number of benzene rings is 4. The second-order valence-corrected chi connectivity index (χ2v) is 27.7. The Balaban J connectivity index is 0.000000526.